The van der Waals surface area contributed by atoms with Crippen LogP contribution in [0.5, 0.6) is 0 Å². The number of nitrogens with two attached hydrogens (primary N) is 1. The van der Waals surface area contributed by atoms with Crippen LogP contribution in [0, 0.1) is 5.92 Å². The average molecular weight is 283 g/mol. The van der Waals surface area contributed by atoms with Gasteiger partial charge in [0.05, 0.1) is 0 Å². The predicted molar refractivity (Wildman–Crippen MR) is 87.6 cm³/mol. The third kappa shape index (κ3) is 3.42. The van der Waals surface area contributed by atoms with Gasteiger partial charge in [-0.25, -0.2) is 0 Å². The molecule has 0 bridgehead atoms. The lowest BCUT2D eigenvalue weighted by Gasteiger charge is -2.24. The predicted octanol–water partition coefficient (Wildman–Crippen LogP) is 4.10. The van der Waals surface area contributed by atoms with Crippen LogP contribution in [0.25, 0.3) is 10.8 Å². The number of hydrogen-bond acceptors (Lipinski definition) is 3. The van der Waals surface area contributed by atoms with Crippen LogP contribution in [0.2, 0.25) is 0 Å². The highest BCUT2D eigenvalue weighted by atomic mass is 15.2. The molecule has 1 aromatic carbocycles. The monoisotopic (exact) mass is 283 g/mol. The first-order valence-electron chi connectivity index (χ1n) is 8.17. The summed E-state index contributed by atoms with van der Waals surface area (Å²) in [4.78, 5) is 4.27. The Kier molecular flexibility index (Phi) is 4.84. The van der Waals surface area contributed by atoms with Gasteiger partial charge in [0.25, 0.3) is 0 Å². The molecule has 2 aromatic rings. The average Bonchev–Trinajstić information content (AvgIpc) is 2.56. The van der Waals surface area contributed by atoms with Crippen molar-refractivity contribution in [3.8, 4) is 0 Å². The van der Waals surface area contributed by atoms with Gasteiger partial charge in [-0.1, -0.05) is 50.3 Å². The Morgan fingerprint density at radius 2 is 2.05 bits per heavy atom. The van der Waals surface area contributed by atoms with Crippen molar-refractivity contribution in [2.45, 2.75) is 51.0 Å². The van der Waals surface area contributed by atoms with Gasteiger partial charge in [-0.05, 0) is 35.8 Å². The van der Waals surface area contributed by atoms with Crippen LogP contribution in [-0.4, -0.2) is 4.98 Å². The van der Waals surface area contributed by atoms with E-state index in [0.717, 1.165) is 12.3 Å². The molecule has 1 atom stereocenters. The topological polar surface area (TPSA) is 50.9 Å². The summed E-state index contributed by atoms with van der Waals surface area (Å²) in [5.74, 6) is 6.73. The van der Waals surface area contributed by atoms with Crippen molar-refractivity contribution in [3.05, 3.63) is 42.2 Å². The summed E-state index contributed by atoms with van der Waals surface area (Å²) >= 11 is 0. The van der Waals surface area contributed by atoms with Gasteiger partial charge < -0.3 is 0 Å². The smallest absolute Gasteiger partial charge is 0.0466 e. The third-order valence-electron chi connectivity index (χ3n) is 4.88. The van der Waals surface area contributed by atoms with Crippen molar-refractivity contribution in [2.75, 3.05) is 0 Å². The van der Waals surface area contributed by atoms with Crippen LogP contribution in [0.15, 0.2) is 36.7 Å². The van der Waals surface area contributed by atoms with E-state index >= 15 is 0 Å². The Balaban J connectivity index is 1.75. The summed E-state index contributed by atoms with van der Waals surface area (Å²) in [5, 5.41) is 2.45. The van der Waals surface area contributed by atoms with Crippen LogP contribution in [0.4, 0.5) is 0 Å². The van der Waals surface area contributed by atoms with Crippen molar-refractivity contribution >= 4 is 10.8 Å². The molecule has 1 aliphatic carbocycles. The Morgan fingerprint density at radius 1 is 1.19 bits per heavy atom. The second-order valence-corrected chi connectivity index (χ2v) is 6.24. The summed E-state index contributed by atoms with van der Waals surface area (Å²) in [5.41, 5.74) is 4.30. The minimum atomic E-state index is 0.222. The molecule has 0 amide bonds. The normalized spacial score (nSPS) is 18.0. The van der Waals surface area contributed by atoms with Crippen molar-refractivity contribution in [1.82, 2.24) is 10.4 Å². The number of hydrogen-bond donors (Lipinski definition) is 2. The van der Waals surface area contributed by atoms with Crippen LogP contribution >= 0.6 is 0 Å². The molecule has 1 unspecified atom stereocenters. The molecular formula is C18H25N3. The maximum atomic E-state index is 5.84. The SMILES string of the molecule is NNC(CCC1CCCCC1)c1cccc2ccncc12. The summed E-state index contributed by atoms with van der Waals surface area (Å²) in [6.45, 7) is 0. The zero-order valence-corrected chi connectivity index (χ0v) is 12.6. The molecule has 1 fully saturated rings. The fourth-order valence-electron chi connectivity index (χ4n) is 3.65. The highest BCUT2D eigenvalue weighted by Gasteiger charge is 2.18. The molecule has 0 radical (unpaired) electrons. The van der Waals surface area contributed by atoms with Crippen LogP contribution < -0.4 is 11.3 Å². The maximum Gasteiger partial charge on any atom is 0.0466 e. The third-order valence-corrected chi connectivity index (χ3v) is 4.88. The van der Waals surface area contributed by atoms with Crippen LogP contribution in [-0.2, 0) is 0 Å². The zero-order chi connectivity index (χ0) is 14.5. The van der Waals surface area contributed by atoms with Gasteiger partial charge >= 0.3 is 0 Å². The minimum absolute atomic E-state index is 0.222. The second kappa shape index (κ2) is 7.01. The van der Waals surface area contributed by atoms with E-state index in [-0.39, 0.29) is 6.04 Å². The molecule has 0 saturated heterocycles. The molecule has 21 heavy (non-hydrogen) atoms. The van der Waals surface area contributed by atoms with Crippen molar-refractivity contribution < 1.29 is 0 Å². The van der Waals surface area contributed by atoms with E-state index in [9.17, 15) is 0 Å². The highest BCUT2D eigenvalue weighted by Crippen LogP contribution is 2.32. The number of nitrogens with one attached hydrogen (secondary N) is 1. The summed E-state index contributed by atoms with van der Waals surface area (Å²) in [6.07, 6.45) is 13.2. The van der Waals surface area contributed by atoms with Crippen molar-refractivity contribution in [2.24, 2.45) is 11.8 Å². The Morgan fingerprint density at radius 3 is 2.86 bits per heavy atom. The number of hydrazine groups is 1. The van der Waals surface area contributed by atoms with Gasteiger partial charge in [0, 0.05) is 23.8 Å². The van der Waals surface area contributed by atoms with E-state index in [1.54, 1.807) is 0 Å². The molecule has 3 heteroatoms. The molecule has 3 N–H and O–H groups in total. The van der Waals surface area contributed by atoms with Gasteiger partial charge in [-0.2, -0.15) is 0 Å². The van der Waals surface area contributed by atoms with Gasteiger partial charge in [-0.3, -0.25) is 16.3 Å². The molecule has 112 valence electrons. The molecule has 1 heterocycles. The van der Waals surface area contributed by atoms with E-state index in [4.69, 9.17) is 5.84 Å². The molecule has 3 rings (SSSR count). The number of nitrogens with zero attached hydrogens (tertiary/aromatic N) is 1. The minimum Gasteiger partial charge on any atom is -0.271 e. The first-order valence-corrected chi connectivity index (χ1v) is 8.17. The second-order valence-electron chi connectivity index (χ2n) is 6.24. The lowest BCUT2D eigenvalue weighted by Crippen LogP contribution is -2.28. The molecular weight excluding hydrogens is 258 g/mol. The molecule has 0 spiro atoms. The Bertz CT molecular complexity index is 570. The Labute approximate surface area is 126 Å². The van der Waals surface area contributed by atoms with E-state index in [0.29, 0.717) is 0 Å². The van der Waals surface area contributed by atoms with E-state index in [1.807, 2.05) is 12.4 Å². The van der Waals surface area contributed by atoms with Gasteiger partial charge in [0.15, 0.2) is 0 Å². The number of pyridine rings is 1. The molecule has 0 aliphatic heterocycles. The zero-order valence-electron chi connectivity index (χ0n) is 12.6. The van der Waals surface area contributed by atoms with Gasteiger partial charge in [-0.15, -0.1) is 0 Å². The Hall–Kier alpha value is -1.45. The van der Waals surface area contributed by atoms with E-state index in [2.05, 4.69) is 34.7 Å². The largest absolute Gasteiger partial charge is 0.271 e. The van der Waals surface area contributed by atoms with E-state index in [1.165, 1.54) is 54.9 Å². The van der Waals surface area contributed by atoms with Gasteiger partial charge in [0.2, 0.25) is 0 Å². The quantitative estimate of drug-likeness (QED) is 0.641. The number of fused-ring (bicyclic) bond motifs is 1. The lowest BCUT2D eigenvalue weighted by molar-refractivity contribution is 0.315. The summed E-state index contributed by atoms with van der Waals surface area (Å²) in [7, 11) is 0. The molecule has 1 saturated carbocycles. The lowest BCUT2D eigenvalue weighted by atomic mass is 9.84. The molecule has 3 nitrogen and oxygen atoms in total. The van der Waals surface area contributed by atoms with Crippen molar-refractivity contribution in [1.29, 1.82) is 0 Å². The number of rotatable bonds is 5. The maximum absolute atomic E-state index is 5.84. The van der Waals surface area contributed by atoms with Crippen LogP contribution in [0.3, 0.4) is 0 Å². The summed E-state index contributed by atoms with van der Waals surface area (Å²) in [6, 6.07) is 8.71. The fraction of sp³-hybridized carbons (Fsp3) is 0.500. The molecule has 1 aromatic heterocycles. The summed E-state index contributed by atoms with van der Waals surface area (Å²) < 4.78 is 0. The number of aromatic nitrogens is 1. The molecule has 1 aliphatic rings. The first kappa shape index (κ1) is 14.5. The highest BCUT2D eigenvalue weighted by molar-refractivity contribution is 5.85. The standard InChI is InChI=1S/C18H25N3/c19-21-18(10-9-14-5-2-1-3-6-14)16-8-4-7-15-11-12-20-13-17(15)16/h4,7-8,11-14,18,21H,1-3,5-6,9-10,19H2. The van der Waals surface area contributed by atoms with E-state index < -0.39 is 0 Å². The first-order chi connectivity index (χ1) is 10.4. The van der Waals surface area contributed by atoms with Crippen LogP contribution in [0.1, 0.15) is 56.6 Å². The fourth-order valence-corrected chi connectivity index (χ4v) is 3.65. The van der Waals surface area contributed by atoms with Crippen molar-refractivity contribution in [3.63, 3.8) is 0 Å². The van der Waals surface area contributed by atoms with Gasteiger partial charge in [0.1, 0.15) is 0 Å². The number of benzene rings is 1.